The lowest BCUT2D eigenvalue weighted by molar-refractivity contribution is 1.18. The molecule has 0 atom stereocenters. The molecular formula is C14H14BrClN2. The topological polar surface area (TPSA) is 29.3 Å². The number of halogens is 2. The zero-order chi connectivity index (χ0) is 13.3. The highest BCUT2D eigenvalue weighted by molar-refractivity contribution is 9.10. The predicted molar refractivity (Wildman–Crippen MR) is 82.8 cm³/mol. The molecule has 0 heterocycles. The average molecular weight is 326 g/mol. The van der Waals surface area contributed by atoms with Crippen LogP contribution in [0.5, 0.6) is 0 Å². The first-order valence-corrected chi connectivity index (χ1v) is 6.71. The average Bonchev–Trinajstić information content (AvgIpc) is 2.34. The lowest BCUT2D eigenvalue weighted by Gasteiger charge is -2.23. The highest BCUT2D eigenvalue weighted by atomic mass is 79.9. The normalized spacial score (nSPS) is 10.4. The zero-order valence-corrected chi connectivity index (χ0v) is 12.6. The van der Waals surface area contributed by atoms with Crippen molar-refractivity contribution in [3.8, 4) is 0 Å². The van der Waals surface area contributed by atoms with Crippen LogP contribution < -0.4 is 10.6 Å². The maximum absolute atomic E-state index is 6.03. The number of hydrogen-bond donors (Lipinski definition) is 1. The van der Waals surface area contributed by atoms with E-state index >= 15 is 0 Å². The summed E-state index contributed by atoms with van der Waals surface area (Å²) in [6, 6.07) is 11.6. The summed E-state index contributed by atoms with van der Waals surface area (Å²) in [5.41, 5.74) is 9.90. The van der Waals surface area contributed by atoms with Crippen LogP contribution in [-0.4, -0.2) is 7.05 Å². The van der Waals surface area contributed by atoms with Gasteiger partial charge in [0.1, 0.15) is 0 Å². The highest BCUT2D eigenvalue weighted by Crippen LogP contribution is 2.34. The second-order valence-corrected chi connectivity index (χ2v) is 5.55. The van der Waals surface area contributed by atoms with Crippen molar-refractivity contribution in [2.75, 3.05) is 17.7 Å². The van der Waals surface area contributed by atoms with Crippen LogP contribution in [0.15, 0.2) is 40.9 Å². The molecule has 4 heteroatoms. The third kappa shape index (κ3) is 2.62. The van der Waals surface area contributed by atoms with Crippen molar-refractivity contribution < 1.29 is 0 Å². The van der Waals surface area contributed by atoms with Crippen molar-refractivity contribution >= 4 is 44.6 Å². The zero-order valence-electron chi connectivity index (χ0n) is 10.2. The van der Waals surface area contributed by atoms with Gasteiger partial charge in [0.25, 0.3) is 0 Å². The minimum atomic E-state index is 0.679. The van der Waals surface area contributed by atoms with E-state index in [2.05, 4.69) is 35.0 Å². The molecule has 2 N–H and O–H groups in total. The molecular weight excluding hydrogens is 312 g/mol. The molecule has 0 radical (unpaired) electrons. The Labute approximate surface area is 120 Å². The van der Waals surface area contributed by atoms with Crippen molar-refractivity contribution in [2.45, 2.75) is 6.92 Å². The van der Waals surface area contributed by atoms with Crippen molar-refractivity contribution in [3.05, 3.63) is 51.5 Å². The van der Waals surface area contributed by atoms with Crippen LogP contribution in [0.25, 0.3) is 0 Å². The van der Waals surface area contributed by atoms with E-state index in [1.165, 1.54) is 5.56 Å². The van der Waals surface area contributed by atoms with E-state index in [9.17, 15) is 0 Å². The van der Waals surface area contributed by atoms with E-state index in [0.29, 0.717) is 10.7 Å². The first kappa shape index (κ1) is 13.2. The maximum atomic E-state index is 6.03. The standard InChI is InChI=1S/C14H14BrClN2/c1-9-3-4-10(15)7-13(9)18(2)14-8-11(16)5-6-12(14)17/h3-8H,17H2,1-2H3. The van der Waals surface area contributed by atoms with Gasteiger partial charge in [0.05, 0.1) is 11.4 Å². The van der Waals surface area contributed by atoms with Gasteiger partial charge in [-0.2, -0.15) is 0 Å². The van der Waals surface area contributed by atoms with E-state index in [4.69, 9.17) is 17.3 Å². The number of nitrogens with zero attached hydrogens (tertiary/aromatic N) is 1. The Kier molecular flexibility index (Phi) is 3.83. The molecule has 0 aliphatic rings. The Balaban J connectivity index is 2.50. The molecule has 0 amide bonds. The Morgan fingerprint density at radius 2 is 1.83 bits per heavy atom. The Morgan fingerprint density at radius 1 is 1.11 bits per heavy atom. The molecule has 2 aromatic rings. The minimum absolute atomic E-state index is 0.679. The largest absolute Gasteiger partial charge is 0.397 e. The van der Waals surface area contributed by atoms with Gasteiger partial charge >= 0.3 is 0 Å². The molecule has 2 aromatic carbocycles. The molecule has 0 saturated heterocycles. The first-order valence-electron chi connectivity index (χ1n) is 5.54. The number of rotatable bonds is 2. The van der Waals surface area contributed by atoms with Crippen molar-refractivity contribution in [1.82, 2.24) is 0 Å². The second-order valence-electron chi connectivity index (χ2n) is 4.19. The molecule has 0 spiro atoms. The molecule has 0 unspecified atom stereocenters. The van der Waals surface area contributed by atoms with Gasteiger partial charge in [-0.3, -0.25) is 0 Å². The van der Waals surface area contributed by atoms with Crippen LogP contribution in [0.3, 0.4) is 0 Å². The lowest BCUT2D eigenvalue weighted by atomic mass is 10.1. The Hall–Kier alpha value is -1.19. The Morgan fingerprint density at radius 3 is 2.56 bits per heavy atom. The quantitative estimate of drug-likeness (QED) is 0.807. The number of benzene rings is 2. The third-order valence-corrected chi connectivity index (χ3v) is 3.61. The predicted octanol–water partition coefficient (Wildman–Crippen LogP) is 4.76. The molecule has 0 aromatic heterocycles. The molecule has 0 aliphatic heterocycles. The summed E-state index contributed by atoms with van der Waals surface area (Å²) in [7, 11) is 1.98. The fraction of sp³-hybridized carbons (Fsp3) is 0.143. The van der Waals surface area contributed by atoms with Gasteiger partial charge in [-0.15, -0.1) is 0 Å². The maximum Gasteiger partial charge on any atom is 0.0656 e. The summed E-state index contributed by atoms with van der Waals surface area (Å²) < 4.78 is 1.04. The molecule has 0 aliphatic carbocycles. The number of hydrogen-bond acceptors (Lipinski definition) is 2. The molecule has 94 valence electrons. The van der Waals surface area contributed by atoms with Crippen LogP contribution in [0, 0.1) is 6.92 Å². The van der Waals surface area contributed by atoms with Crippen LogP contribution >= 0.6 is 27.5 Å². The monoisotopic (exact) mass is 324 g/mol. The Bertz CT molecular complexity index is 533. The first-order chi connectivity index (χ1) is 8.49. The van der Waals surface area contributed by atoms with E-state index in [1.807, 2.05) is 30.1 Å². The summed E-state index contributed by atoms with van der Waals surface area (Å²) in [6.45, 7) is 2.07. The van der Waals surface area contributed by atoms with Crippen molar-refractivity contribution in [1.29, 1.82) is 0 Å². The molecule has 2 nitrogen and oxygen atoms in total. The van der Waals surface area contributed by atoms with Crippen molar-refractivity contribution in [3.63, 3.8) is 0 Å². The summed E-state index contributed by atoms with van der Waals surface area (Å²) in [6.07, 6.45) is 0. The summed E-state index contributed by atoms with van der Waals surface area (Å²) in [4.78, 5) is 2.04. The van der Waals surface area contributed by atoms with Crippen molar-refractivity contribution in [2.24, 2.45) is 0 Å². The van der Waals surface area contributed by atoms with E-state index in [-0.39, 0.29) is 0 Å². The minimum Gasteiger partial charge on any atom is -0.397 e. The molecule has 0 bridgehead atoms. The molecule has 18 heavy (non-hydrogen) atoms. The number of nitrogen functional groups attached to an aromatic ring is 1. The number of aryl methyl sites for hydroxylation is 1. The number of anilines is 3. The van der Waals surface area contributed by atoms with Gasteiger partial charge in [0, 0.05) is 22.2 Å². The smallest absolute Gasteiger partial charge is 0.0656 e. The van der Waals surface area contributed by atoms with E-state index in [1.54, 1.807) is 6.07 Å². The van der Waals surface area contributed by atoms with Crippen LogP contribution in [-0.2, 0) is 0 Å². The molecule has 2 rings (SSSR count). The second kappa shape index (κ2) is 5.21. The van der Waals surface area contributed by atoms with Gasteiger partial charge in [0.2, 0.25) is 0 Å². The fourth-order valence-corrected chi connectivity index (χ4v) is 2.40. The number of nitrogens with two attached hydrogens (primary N) is 1. The van der Waals surface area contributed by atoms with Crippen LogP contribution in [0.4, 0.5) is 17.1 Å². The molecule has 0 saturated carbocycles. The van der Waals surface area contributed by atoms with Gasteiger partial charge in [-0.25, -0.2) is 0 Å². The van der Waals surface area contributed by atoms with Crippen LogP contribution in [0.2, 0.25) is 5.02 Å². The lowest BCUT2D eigenvalue weighted by Crippen LogP contribution is -2.12. The van der Waals surface area contributed by atoms with Gasteiger partial charge in [-0.1, -0.05) is 33.6 Å². The SMILES string of the molecule is Cc1ccc(Br)cc1N(C)c1cc(Cl)ccc1N. The van der Waals surface area contributed by atoms with Gasteiger partial charge in [-0.05, 0) is 42.8 Å². The van der Waals surface area contributed by atoms with E-state index < -0.39 is 0 Å². The summed E-state index contributed by atoms with van der Waals surface area (Å²) in [5, 5.41) is 0.679. The summed E-state index contributed by atoms with van der Waals surface area (Å²) >= 11 is 9.51. The molecule has 0 fully saturated rings. The van der Waals surface area contributed by atoms with E-state index in [0.717, 1.165) is 15.8 Å². The van der Waals surface area contributed by atoms with Gasteiger partial charge < -0.3 is 10.6 Å². The van der Waals surface area contributed by atoms with Gasteiger partial charge in [0.15, 0.2) is 0 Å². The van der Waals surface area contributed by atoms with Crippen LogP contribution in [0.1, 0.15) is 5.56 Å². The highest BCUT2D eigenvalue weighted by Gasteiger charge is 2.11. The third-order valence-electron chi connectivity index (χ3n) is 2.89. The fourth-order valence-electron chi connectivity index (χ4n) is 1.88. The summed E-state index contributed by atoms with van der Waals surface area (Å²) in [5.74, 6) is 0.